The van der Waals surface area contributed by atoms with Gasteiger partial charge in [-0.15, -0.1) is 0 Å². The van der Waals surface area contributed by atoms with Crippen LogP contribution in [0, 0.1) is 0 Å². The van der Waals surface area contributed by atoms with Crippen LogP contribution in [-0.2, 0) is 6.54 Å². The van der Waals surface area contributed by atoms with Crippen LogP contribution in [0.3, 0.4) is 0 Å². The molecule has 0 fully saturated rings. The first-order valence-electron chi connectivity index (χ1n) is 10.2. The molecule has 3 amide bonds. The van der Waals surface area contributed by atoms with Crippen LogP contribution >= 0.6 is 0 Å². The number of anilines is 1. The number of ether oxygens (including phenoxy) is 1. The highest BCUT2D eigenvalue weighted by molar-refractivity contribution is 6.22. The number of fused-ring (bicyclic) bond motifs is 1. The van der Waals surface area contributed by atoms with Gasteiger partial charge in [-0.3, -0.25) is 19.3 Å². The predicted octanol–water partition coefficient (Wildman–Crippen LogP) is 4.52. The maximum Gasteiger partial charge on any atom is 0.261 e. The van der Waals surface area contributed by atoms with Crippen LogP contribution in [0.5, 0.6) is 5.75 Å². The van der Waals surface area contributed by atoms with Crippen molar-refractivity contribution in [2.75, 3.05) is 11.9 Å². The van der Waals surface area contributed by atoms with E-state index in [9.17, 15) is 14.4 Å². The van der Waals surface area contributed by atoms with Crippen LogP contribution in [0.2, 0.25) is 0 Å². The Hall–Kier alpha value is -3.93. The summed E-state index contributed by atoms with van der Waals surface area (Å²) < 4.78 is 5.68. The molecule has 0 unspecified atom stereocenters. The van der Waals surface area contributed by atoms with Gasteiger partial charge in [-0.25, -0.2) is 0 Å². The number of nitrogens with zero attached hydrogens (tertiary/aromatic N) is 1. The van der Waals surface area contributed by atoms with Gasteiger partial charge in [0.2, 0.25) is 0 Å². The average Bonchev–Trinajstić information content (AvgIpc) is 3.03. The lowest BCUT2D eigenvalue weighted by Crippen LogP contribution is -2.29. The molecular formula is C25H22N2O4. The quantitative estimate of drug-likeness (QED) is 0.577. The first kappa shape index (κ1) is 20.3. The lowest BCUT2D eigenvalue weighted by atomic mass is 10.1. The number of nitrogens with one attached hydrogen (secondary N) is 1. The SMILES string of the molecule is CCCOc1ccccc1NC(=O)c1ccc2c(c1)C(=O)N(Cc1ccccc1)C2=O. The molecule has 0 atom stereocenters. The number of imide groups is 1. The highest BCUT2D eigenvalue weighted by atomic mass is 16.5. The van der Waals surface area contributed by atoms with Gasteiger partial charge in [0, 0.05) is 5.56 Å². The number of para-hydroxylation sites is 2. The summed E-state index contributed by atoms with van der Waals surface area (Å²) in [6, 6.07) is 21.1. The van der Waals surface area contributed by atoms with E-state index < -0.39 is 5.91 Å². The molecule has 0 aromatic heterocycles. The lowest BCUT2D eigenvalue weighted by Gasteiger charge is -2.13. The van der Waals surface area contributed by atoms with Crippen molar-refractivity contribution >= 4 is 23.4 Å². The summed E-state index contributed by atoms with van der Waals surface area (Å²) in [5.41, 5.74) is 2.26. The Morgan fingerprint density at radius 3 is 2.39 bits per heavy atom. The number of benzene rings is 3. The average molecular weight is 414 g/mol. The zero-order valence-corrected chi connectivity index (χ0v) is 17.1. The zero-order valence-electron chi connectivity index (χ0n) is 17.1. The molecular weight excluding hydrogens is 392 g/mol. The second-order valence-electron chi connectivity index (χ2n) is 7.24. The monoisotopic (exact) mass is 414 g/mol. The second kappa shape index (κ2) is 8.83. The molecule has 0 aliphatic carbocycles. The van der Waals surface area contributed by atoms with Gasteiger partial charge < -0.3 is 10.1 Å². The summed E-state index contributed by atoms with van der Waals surface area (Å²) in [4.78, 5) is 39.6. The molecule has 31 heavy (non-hydrogen) atoms. The minimum Gasteiger partial charge on any atom is -0.491 e. The number of hydrogen-bond donors (Lipinski definition) is 1. The van der Waals surface area contributed by atoms with Crippen molar-refractivity contribution < 1.29 is 19.1 Å². The molecule has 6 nitrogen and oxygen atoms in total. The molecule has 1 N–H and O–H groups in total. The van der Waals surface area contributed by atoms with Crippen molar-refractivity contribution in [2.24, 2.45) is 0 Å². The maximum atomic E-state index is 12.9. The summed E-state index contributed by atoms with van der Waals surface area (Å²) in [6.07, 6.45) is 0.850. The first-order valence-corrected chi connectivity index (χ1v) is 10.2. The van der Waals surface area contributed by atoms with Crippen LogP contribution in [0.4, 0.5) is 5.69 Å². The number of carbonyl (C=O) groups is 3. The van der Waals surface area contributed by atoms with Gasteiger partial charge in [0.1, 0.15) is 5.75 Å². The topological polar surface area (TPSA) is 75.7 Å². The Morgan fingerprint density at radius 1 is 0.903 bits per heavy atom. The van der Waals surface area contributed by atoms with Crippen LogP contribution in [0.25, 0.3) is 0 Å². The number of amides is 3. The summed E-state index contributed by atoms with van der Waals surface area (Å²) >= 11 is 0. The van der Waals surface area contributed by atoms with Crippen molar-refractivity contribution in [3.63, 3.8) is 0 Å². The zero-order chi connectivity index (χ0) is 21.8. The van der Waals surface area contributed by atoms with E-state index in [0.29, 0.717) is 29.2 Å². The minimum atomic E-state index is -0.398. The molecule has 3 aromatic rings. The van der Waals surface area contributed by atoms with E-state index in [1.807, 2.05) is 43.3 Å². The van der Waals surface area contributed by atoms with E-state index in [-0.39, 0.29) is 23.9 Å². The van der Waals surface area contributed by atoms with E-state index in [2.05, 4.69) is 5.32 Å². The van der Waals surface area contributed by atoms with E-state index in [1.165, 1.54) is 17.0 Å². The summed E-state index contributed by atoms with van der Waals surface area (Å²) in [5.74, 6) is -0.546. The van der Waals surface area contributed by atoms with Gasteiger partial charge in [-0.2, -0.15) is 0 Å². The van der Waals surface area contributed by atoms with Crippen LogP contribution in [0.1, 0.15) is 50.0 Å². The molecule has 0 radical (unpaired) electrons. The molecule has 4 rings (SSSR count). The molecule has 0 saturated carbocycles. The van der Waals surface area contributed by atoms with Crippen LogP contribution in [-0.4, -0.2) is 29.2 Å². The second-order valence-corrected chi connectivity index (χ2v) is 7.24. The Bertz CT molecular complexity index is 1140. The first-order chi connectivity index (χ1) is 15.1. The van der Waals surface area contributed by atoms with Gasteiger partial charge in [0.05, 0.1) is 30.0 Å². The van der Waals surface area contributed by atoms with E-state index in [0.717, 1.165) is 12.0 Å². The molecule has 0 bridgehead atoms. The number of rotatable bonds is 7. The molecule has 1 heterocycles. The van der Waals surface area contributed by atoms with Gasteiger partial charge in [0.25, 0.3) is 17.7 Å². The summed E-state index contributed by atoms with van der Waals surface area (Å²) in [6.45, 7) is 2.74. The van der Waals surface area contributed by atoms with Crippen molar-refractivity contribution in [1.29, 1.82) is 0 Å². The van der Waals surface area contributed by atoms with Crippen molar-refractivity contribution in [3.8, 4) is 5.75 Å². The van der Waals surface area contributed by atoms with E-state index in [1.54, 1.807) is 24.3 Å². The summed E-state index contributed by atoms with van der Waals surface area (Å²) in [5, 5.41) is 2.83. The summed E-state index contributed by atoms with van der Waals surface area (Å²) in [7, 11) is 0. The third kappa shape index (κ3) is 4.19. The Labute approximate surface area is 180 Å². The number of carbonyl (C=O) groups excluding carboxylic acids is 3. The third-order valence-corrected chi connectivity index (χ3v) is 5.01. The highest BCUT2D eigenvalue weighted by Crippen LogP contribution is 2.28. The van der Waals surface area contributed by atoms with Crippen molar-refractivity contribution in [3.05, 3.63) is 95.1 Å². The Balaban J connectivity index is 1.54. The minimum absolute atomic E-state index is 0.191. The van der Waals surface area contributed by atoms with Crippen LogP contribution in [0.15, 0.2) is 72.8 Å². The highest BCUT2D eigenvalue weighted by Gasteiger charge is 2.36. The standard InChI is InChI=1S/C25H22N2O4/c1-2-14-31-22-11-7-6-10-21(22)26-23(28)18-12-13-19-20(15-18)25(30)27(24(19)29)16-17-8-4-3-5-9-17/h3-13,15H,2,14,16H2,1H3,(H,26,28). The van der Waals surface area contributed by atoms with Gasteiger partial charge >= 0.3 is 0 Å². The smallest absolute Gasteiger partial charge is 0.261 e. The number of hydrogen-bond acceptors (Lipinski definition) is 4. The van der Waals surface area contributed by atoms with E-state index in [4.69, 9.17) is 4.74 Å². The van der Waals surface area contributed by atoms with Gasteiger partial charge in [0.15, 0.2) is 0 Å². The molecule has 1 aliphatic heterocycles. The van der Waals surface area contributed by atoms with Crippen molar-refractivity contribution in [1.82, 2.24) is 4.90 Å². The van der Waals surface area contributed by atoms with Gasteiger partial charge in [-0.05, 0) is 42.3 Å². The van der Waals surface area contributed by atoms with Gasteiger partial charge in [-0.1, -0.05) is 49.4 Å². The fourth-order valence-corrected chi connectivity index (χ4v) is 3.44. The third-order valence-electron chi connectivity index (χ3n) is 5.01. The largest absolute Gasteiger partial charge is 0.491 e. The molecule has 1 aliphatic rings. The Morgan fingerprint density at radius 2 is 1.61 bits per heavy atom. The van der Waals surface area contributed by atoms with E-state index >= 15 is 0 Å². The fourth-order valence-electron chi connectivity index (χ4n) is 3.44. The predicted molar refractivity (Wildman–Crippen MR) is 117 cm³/mol. The maximum absolute atomic E-state index is 12.9. The van der Waals surface area contributed by atoms with Crippen LogP contribution < -0.4 is 10.1 Å². The molecule has 156 valence electrons. The lowest BCUT2D eigenvalue weighted by molar-refractivity contribution is 0.0642. The molecule has 0 spiro atoms. The fraction of sp³-hybridized carbons (Fsp3) is 0.160. The normalized spacial score (nSPS) is 12.6. The van der Waals surface area contributed by atoms with Crippen molar-refractivity contribution in [2.45, 2.75) is 19.9 Å². The molecule has 6 heteroatoms. The molecule has 0 saturated heterocycles. The Kier molecular flexibility index (Phi) is 5.80. The molecule has 3 aromatic carbocycles.